The lowest BCUT2D eigenvalue weighted by molar-refractivity contribution is 0.310. The number of aryl methyl sites for hydroxylation is 2. The summed E-state index contributed by atoms with van der Waals surface area (Å²) in [7, 11) is 3.29. The molecule has 28 heavy (non-hydrogen) atoms. The minimum absolute atomic E-state index is 0.136. The Kier molecular flexibility index (Phi) is 5.70. The number of nitrogens with zero attached hydrogens (tertiary/aromatic N) is 1. The third-order valence-electron chi connectivity index (χ3n) is 4.87. The monoisotopic (exact) mass is 385 g/mol. The van der Waals surface area contributed by atoms with Crippen LogP contribution in [-0.2, 0) is 19.5 Å². The molecule has 5 nitrogen and oxygen atoms in total. The molecule has 148 valence electrons. The molecule has 0 saturated carbocycles. The lowest BCUT2D eigenvalue weighted by Gasteiger charge is -2.20. The standard InChI is InChI=1S/C22H24FNO4/c1-5-15-10-16-13(2)8-20(25)28-22(16)17(21(15)26)12-24(3)11-14-6-7-19(27-4)18(23)9-14/h6-10,26H,5,11-12H2,1-4H3. The van der Waals surface area contributed by atoms with Gasteiger partial charge in [-0.3, -0.25) is 4.90 Å². The van der Waals surface area contributed by atoms with Crippen molar-refractivity contribution in [3.05, 3.63) is 68.8 Å². The van der Waals surface area contributed by atoms with Crippen LogP contribution >= 0.6 is 0 Å². The largest absolute Gasteiger partial charge is 0.507 e. The van der Waals surface area contributed by atoms with E-state index < -0.39 is 11.4 Å². The fourth-order valence-corrected chi connectivity index (χ4v) is 3.43. The maximum atomic E-state index is 14.0. The zero-order valence-corrected chi connectivity index (χ0v) is 16.5. The summed E-state index contributed by atoms with van der Waals surface area (Å²) >= 11 is 0. The van der Waals surface area contributed by atoms with Crippen molar-refractivity contribution in [3.8, 4) is 11.5 Å². The SMILES string of the molecule is CCc1cc2c(C)cc(=O)oc2c(CN(C)Cc2ccc(OC)c(F)c2)c1O. The van der Waals surface area contributed by atoms with Crippen LogP contribution in [0.25, 0.3) is 11.0 Å². The number of hydrogen-bond donors (Lipinski definition) is 1. The van der Waals surface area contributed by atoms with Gasteiger partial charge in [-0.2, -0.15) is 0 Å². The Balaban J connectivity index is 1.97. The number of phenols is 1. The Morgan fingerprint density at radius 3 is 2.61 bits per heavy atom. The van der Waals surface area contributed by atoms with Crippen LogP contribution in [0.2, 0.25) is 0 Å². The predicted molar refractivity (Wildman–Crippen MR) is 106 cm³/mol. The van der Waals surface area contributed by atoms with Crippen molar-refractivity contribution in [2.45, 2.75) is 33.4 Å². The molecule has 0 amide bonds. The first kappa shape index (κ1) is 19.9. The summed E-state index contributed by atoms with van der Waals surface area (Å²) in [6, 6.07) is 8.13. The van der Waals surface area contributed by atoms with Crippen LogP contribution in [0.3, 0.4) is 0 Å². The van der Waals surface area contributed by atoms with Crippen molar-refractivity contribution in [2.24, 2.45) is 0 Å². The Morgan fingerprint density at radius 2 is 1.96 bits per heavy atom. The van der Waals surface area contributed by atoms with E-state index in [1.165, 1.54) is 19.2 Å². The van der Waals surface area contributed by atoms with Crippen LogP contribution in [0.5, 0.6) is 11.5 Å². The summed E-state index contributed by atoms with van der Waals surface area (Å²) in [6.45, 7) is 4.61. The number of rotatable bonds is 6. The molecule has 2 aromatic carbocycles. The average molecular weight is 385 g/mol. The minimum Gasteiger partial charge on any atom is -0.507 e. The van der Waals surface area contributed by atoms with E-state index in [1.54, 1.807) is 12.1 Å². The molecular weight excluding hydrogens is 361 g/mol. The molecule has 0 fully saturated rings. The van der Waals surface area contributed by atoms with Gasteiger partial charge in [0.1, 0.15) is 11.3 Å². The van der Waals surface area contributed by atoms with Gasteiger partial charge in [-0.15, -0.1) is 0 Å². The summed E-state index contributed by atoms with van der Waals surface area (Å²) in [4.78, 5) is 13.8. The second-order valence-electron chi connectivity index (χ2n) is 6.98. The molecular formula is C22H24FNO4. The maximum Gasteiger partial charge on any atom is 0.336 e. The van der Waals surface area contributed by atoms with Gasteiger partial charge in [0, 0.05) is 24.5 Å². The molecule has 0 atom stereocenters. The number of methoxy groups -OCH3 is 1. The van der Waals surface area contributed by atoms with Gasteiger partial charge in [0.2, 0.25) is 0 Å². The van der Waals surface area contributed by atoms with Crippen molar-refractivity contribution in [3.63, 3.8) is 0 Å². The fourth-order valence-electron chi connectivity index (χ4n) is 3.43. The number of ether oxygens (including phenoxy) is 1. The quantitative estimate of drug-likeness (QED) is 0.646. The number of hydrogen-bond acceptors (Lipinski definition) is 5. The van der Waals surface area contributed by atoms with Crippen LogP contribution in [0.1, 0.15) is 29.2 Å². The molecule has 0 radical (unpaired) electrons. The molecule has 0 aliphatic rings. The predicted octanol–water partition coefficient (Wildman–Crippen LogP) is 4.15. The van der Waals surface area contributed by atoms with Crippen LogP contribution in [0.15, 0.2) is 39.5 Å². The average Bonchev–Trinajstić information content (AvgIpc) is 2.64. The summed E-state index contributed by atoms with van der Waals surface area (Å²) in [5, 5.41) is 11.5. The van der Waals surface area contributed by atoms with Gasteiger partial charge < -0.3 is 14.3 Å². The molecule has 0 unspecified atom stereocenters. The van der Waals surface area contributed by atoms with Crippen molar-refractivity contribution < 1.29 is 18.7 Å². The van der Waals surface area contributed by atoms with Crippen LogP contribution < -0.4 is 10.4 Å². The van der Waals surface area contributed by atoms with Gasteiger partial charge in [-0.1, -0.05) is 13.0 Å². The maximum absolute atomic E-state index is 14.0. The molecule has 1 N–H and O–H groups in total. The Bertz CT molecular complexity index is 1070. The Hall–Kier alpha value is -2.86. The first-order valence-corrected chi connectivity index (χ1v) is 9.13. The molecule has 3 rings (SSSR count). The molecule has 1 heterocycles. The first-order chi connectivity index (χ1) is 13.3. The van der Waals surface area contributed by atoms with Gasteiger partial charge in [0.25, 0.3) is 0 Å². The molecule has 0 aliphatic heterocycles. The summed E-state index contributed by atoms with van der Waals surface area (Å²) < 4.78 is 24.3. The Labute approximate surface area is 163 Å². The van der Waals surface area contributed by atoms with Gasteiger partial charge in [-0.05, 0) is 55.3 Å². The lowest BCUT2D eigenvalue weighted by Crippen LogP contribution is -2.18. The van der Waals surface area contributed by atoms with Crippen molar-refractivity contribution in [1.82, 2.24) is 4.90 Å². The highest BCUT2D eigenvalue weighted by Gasteiger charge is 2.18. The number of fused-ring (bicyclic) bond motifs is 1. The molecule has 0 aliphatic carbocycles. The molecule has 0 bridgehead atoms. The van der Waals surface area contributed by atoms with Crippen molar-refractivity contribution in [1.29, 1.82) is 0 Å². The highest BCUT2D eigenvalue weighted by molar-refractivity contribution is 5.86. The van der Waals surface area contributed by atoms with Crippen molar-refractivity contribution >= 4 is 11.0 Å². The normalized spacial score (nSPS) is 11.4. The molecule has 6 heteroatoms. The van der Waals surface area contributed by atoms with E-state index in [0.717, 1.165) is 22.1 Å². The third-order valence-corrected chi connectivity index (χ3v) is 4.87. The number of aromatic hydroxyl groups is 1. The van der Waals surface area contributed by atoms with Crippen LogP contribution in [0.4, 0.5) is 4.39 Å². The van der Waals surface area contributed by atoms with Gasteiger partial charge in [-0.25, -0.2) is 9.18 Å². The van der Waals surface area contributed by atoms with E-state index in [0.29, 0.717) is 30.7 Å². The number of halogens is 1. The van der Waals surface area contributed by atoms with Crippen molar-refractivity contribution in [2.75, 3.05) is 14.2 Å². The molecule has 0 saturated heterocycles. The van der Waals surface area contributed by atoms with E-state index >= 15 is 0 Å². The first-order valence-electron chi connectivity index (χ1n) is 9.13. The van der Waals surface area contributed by atoms with Gasteiger partial charge in [0.15, 0.2) is 11.6 Å². The van der Waals surface area contributed by atoms with Crippen LogP contribution in [-0.4, -0.2) is 24.2 Å². The van der Waals surface area contributed by atoms with Crippen LogP contribution in [0, 0.1) is 12.7 Å². The zero-order chi connectivity index (χ0) is 20.4. The van der Waals surface area contributed by atoms with E-state index in [-0.39, 0.29) is 11.5 Å². The molecule has 1 aromatic heterocycles. The smallest absolute Gasteiger partial charge is 0.336 e. The number of phenolic OH excluding ortho intramolecular Hbond substituents is 1. The summed E-state index contributed by atoms with van der Waals surface area (Å²) in [5.74, 6) is -0.0873. The van der Waals surface area contributed by atoms with E-state index in [4.69, 9.17) is 9.15 Å². The lowest BCUT2D eigenvalue weighted by atomic mass is 9.99. The van der Waals surface area contributed by atoms with Gasteiger partial charge in [0.05, 0.1) is 12.7 Å². The second-order valence-corrected chi connectivity index (χ2v) is 6.98. The Morgan fingerprint density at radius 1 is 1.21 bits per heavy atom. The number of benzene rings is 2. The van der Waals surface area contributed by atoms with E-state index in [2.05, 4.69) is 0 Å². The zero-order valence-electron chi connectivity index (χ0n) is 16.5. The summed E-state index contributed by atoms with van der Waals surface area (Å²) in [5.41, 5.74) is 2.88. The minimum atomic E-state index is -0.449. The van der Waals surface area contributed by atoms with Gasteiger partial charge >= 0.3 is 5.63 Å². The second kappa shape index (κ2) is 8.02. The molecule has 3 aromatic rings. The third kappa shape index (κ3) is 3.87. The topological polar surface area (TPSA) is 62.9 Å². The van der Waals surface area contributed by atoms with E-state index in [9.17, 15) is 14.3 Å². The highest BCUT2D eigenvalue weighted by atomic mass is 19.1. The summed E-state index contributed by atoms with van der Waals surface area (Å²) in [6.07, 6.45) is 0.654. The molecule has 0 spiro atoms. The fraction of sp³-hybridized carbons (Fsp3) is 0.318. The highest BCUT2D eigenvalue weighted by Crippen LogP contribution is 2.33. The van der Waals surface area contributed by atoms with E-state index in [1.807, 2.05) is 31.9 Å².